The molecule has 0 saturated carbocycles. The van der Waals surface area contributed by atoms with Crippen LogP contribution < -0.4 is 0 Å². The molecule has 0 spiro atoms. The Morgan fingerprint density at radius 3 is 2.67 bits per heavy atom. The van der Waals surface area contributed by atoms with Gasteiger partial charge in [0.25, 0.3) is 0 Å². The van der Waals surface area contributed by atoms with Crippen molar-refractivity contribution in [2.75, 3.05) is 0 Å². The highest BCUT2D eigenvalue weighted by atomic mass is 16.4. The van der Waals surface area contributed by atoms with Crippen molar-refractivity contribution >= 4 is 22.1 Å². The number of allylic oxidation sites excluding steroid dienone is 2. The number of hydrogen-bond donors (Lipinski definition) is 1. The molecule has 2 aromatic carbocycles. The zero-order valence-electron chi connectivity index (χ0n) is 10.1. The van der Waals surface area contributed by atoms with Crippen LogP contribution in [0.2, 0.25) is 0 Å². The Bertz CT molecular complexity index is 635. The third-order valence-corrected chi connectivity index (χ3v) is 3.48. The van der Waals surface area contributed by atoms with E-state index in [9.17, 15) is 0 Å². The molecular weight excluding hydrogens is 222 g/mol. The molecule has 0 amide bonds. The second-order valence-electron chi connectivity index (χ2n) is 4.64. The van der Waals surface area contributed by atoms with Crippen LogP contribution in [0.25, 0.3) is 16.3 Å². The minimum absolute atomic E-state index is 0.782. The van der Waals surface area contributed by atoms with Gasteiger partial charge in [-0.3, -0.25) is 0 Å². The summed E-state index contributed by atoms with van der Waals surface area (Å²) >= 11 is 0. The van der Waals surface area contributed by atoms with E-state index in [1.165, 1.54) is 21.9 Å². The molecule has 0 heterocycles. The first kappa shape index (κ1) is 11.0. The molecule has 3 rings (SSSR count). The van der Waals surface area contributed by atoms with Gasteiger partial charge < -0.3 is 5.21 Å². The average molecular weight is 237 g/mol. The van der Waals surface area contributed by atoms with Crippen LogP contribution in [0.15, 0.2) is 53.7 Å². The SMILES string of the molecule is ON=C1C=C(c2cccc3ccccc23)CCC1. The number of nitrogens with zero attached hydrogens (tertiary/aromatic N) is 1. The first-order valence-corrected chi connectivity index (χ1v) is 6.28. The van der Waals surface area contributed by atoms with E-state index in [1.54, 1.807) is 0 Å². The van der Waals surface area contributed by atoms with Gasteiger partial charge in [-0.1, -0.05) is 47.6 Å². The van der Waals surface area contributed by atoms with Gasteiger partial charge in [-0.05, 0) is 47.2 Å². The fourth-order valence-electron chi connectivity index (χ4n) is 2.60. The van der Waals surface area contributed by atoms with Crippen molar-refractivity contribution in [2.45, 2.75) is 19.3 Å². The van der Waals surface area contributed by atoms with Crippen molar-refractivity contribution in [2.24, 2.45) is 5.16 Å². The number of benzene rings is 2. The van der Waals surface area contributed by atoms with Gasteiger partial charge in [-0.15, -0.1) is 0 Å². The zero-order chi connectivity index (χ0) is 12.4. The van der Waals surface area contributed by atoms with Crippen LogP contribution >= 0.6 is 0 Å². The molecule has 2 nitrogen and oxygen atoms in total. The lowest BCUT2D eigenvalue weighted by molar-refractivity contribution is 0.318. The molecule has 1 N–H and O–H groups in total. The highest BCUT2D eigenvalue weighted by molar-refractivity contribution is 6.05. The van der Waals surface area contributed by atoms with Crippen LogP contribution in [0.4, 0.5) is 0 Å². The Balaban J connectivity index is 2.17. The number of oxime groups is 1. The molecule has 0 atom stereocenters. The molecule has 0 unspecified atom stereocenters. The molecule has 0 aromatic heterocycles. The minimum atomic E-state index is 0.782. The van der Waals surface area contributed by atoms with E-state index in [0.29, 0.717) is 0 Å². The van der Waals surface area contributed by atoms with E-state index in [0.717, 1.165) is 25.0 Å². The molecule has 0 saturated heterocycles. The van der Waals surface area contributed by atoms with E-state index < -0.39 is 0 Å². The standard InChI is InChI=1S/C16H15NO/c18-17-14-8-3-7-13(11-14)16-10-4-6-12-5-1-2-9-15(12)16/h1-2,4-6,9-11,18H,3,7-8H2. The van der Waals surface area contributed by atoms with E-state index >= 15 is 0 Å². The summed E-state index contributed by atoms with van der Waals surface area (Å²) in [4.78, 5) is 0. The molecule has 1 aliphatic rings. The molecule has 0 bridgehead atoms. The highest BCUT2D eigenvalue weighted by Crippen LogP contribution is 2.31. The van der Waals surface area contributed by atoms with Crippen LogP contribution in [0.3, 0.4) is 0 Å². The Kier molecular flexibility index (Phi) is 2.85. The van der Waals surface area contributed by atoms with E-state index in [4.69, 9.17) is 5.21 Å². The fourth-order valence-corrected chi connectivity index (χ4v) is 2.60. The van der Waals surface area contributed by atoms with E-state index in [1.807, 2.05) is 6.08 Å². The first-order valence-electron chi connectivity index (χ1n) is 6.28. The highest BCUT2D eigenvalue weighted by Gasteiger charge is 2.12. The molecule has 90 valence electrons. The normalized spacial score (nSPS) is 18.0. The largest absolute Gasteiger partial charge is 0.411 e. The molecule has 0 radical (unpaired) electrons. The summed E-state index contributed by atoms with van der Waals surface area (Å²) in [6, 6.07) is 14.8. The van der Waals surface area contributed by atoms with Gasteiger partial charge >= 0.3 is 0 Å². The second-order valence-corrected chi connectivity index (χ2v) is 4.64. The molecule has 0 fully saturated rings. The van der Waals surface area contributed by atoms with Gasteiger partial charge in [-0.25, -0.2) is 0 Å². The average Bonchev–Trinajstić information content (AvgIpc) is 2.47. The maximum atomic E-state index is 8.91. The maximum Gasteiger partial charge on any atom is 0.0798 e. The summed E-state index contributed by atoms with van der Waals surface area (Å²) in [6.45, 7) is 0. The summed E-state index contributed by atoms with van der Waals surface area (Å²) in [5.74, 6) is 0. The van der Waals surface area contributed by atoms with Crippen molar-refractivity contribution in [3.05, 3.63) is 54.1 Å². The number of rotatable bonds is 1. The zero-order valence-corrected chi connectivity index (χ0v) is 10.1. The molecule has 1 aliphatic carbocycles. The van der Waals surface area contributed by atoms with Crippen LogP contribution in [-0.4, -0.2) is 10.9 Å². The Labute approximate surface area is 106 Å². The Morgan fingerprint density at radius 2 is 1.78 bits per heavy atom. The first-order chi connectivity index (χ1) is 8.88. The topological polar surface area (TPSA) is 32.6 Å². The Hall–Kier alpha value is -2.09. The van der Waals surface area contributed by atoms with Crippen molar-refractivity contribution < 1.29 is 5.21 Å². The fraction of sp³-hybridized carbons (Fsp3) is 0.188. The van der Waals surface area contributed by atoms with Gasteiger partial charge in [0.1, 0.15) is 0 Å². The molecule has 2 aromatic rings. The summed E-state index contributed by atoms with van der Waals surface area (Å²) in [6.07, 6.45) is 4.98. The number of hydrogen-bond acceptors (Lipinski definition) is 2. The Morgan fingerprint density at radius 1 is 0.944 bits per heavy atom. The van der Waals surface area contributed by atoms with Crippen molar-refractivity contribution in [3.8, 4) is 0 Å². The smallest absolute Gasteiger partial charge is 0.0798 e. The monoisotopic (exact) mass is 237 g/mol. The van der Waals surface area contributed by atoms with Gasteiger partial charge in [0.2, 0.25) is 0 Å². The van der Waals surface area contributed by atoms with E-state index in [-0.39, 0.29) is 0 Å². The molecular formula is C16H15NO. The van der Waals surface area contributed by atoms with Crippen molar-refractivity contribution in [1.29, 1.82) is 0 Å². The third-order valence-electron chi connectivity index (χ3n) is 3.48. The van der Waals surface area contributed by atoms with Crippen LogP contribution in [0, 0.1) is 0 Å². The summed E-state index contributed by atoms with van der Waals surface area (Å²) in [5, 5.41) is 14.8. The predicted molar refractivity (Wildman–Crippen MR) is 75.0 cm³/mol. The lowest BCUT2D eigenvalue weighted by atomic mass is 9.90. The summed E-state index contributed by atoms with van der Waals surface area (Å²) < 4.78 is 0. The summed E-state index contributed by atoms with van der Waals surface area (Å²) in [7, 11) is 0. The predicted octanol–water partition coefficient (Wildman–Crippen LogP) is 4.24. The number of fused-ring (bicyclic) bond motifs is 1. The van der Waals surface area contributed by atoms with Crippen molar-refractivity contribution in [1.82, 2.24) is 0 Å². The lowest BCUT2D eigenvalue weighted by Crippen LogP contribution is -2.03. The van der Waals surface area contributed by atoms with Crippen molar-refractivity contribution in [3.63, 3.8) is 0 Å². The minimum Gasteiger partial charge on any atom is -0.411 e. The van der Waals surface area contributed by atoms with Gasteiger partial charge in [0.15, 0.2) is 0 Å². The molecule has 2 heteroatoms. The molecule has 0 aliphatic heterocycles. The second kappa shape index (κ2) is 4.65. The quantitative estimate of drug-likeness (QED) is 0.584. The molecule has 18 heavy (non-hydrogen) atoms. The van der Waals surface area contributed by atoms with Crippen LogP contribution in [0.5, 0.6) is 0 Å². The van der Waals surface area contributed by atoms with Crippen LogP contribution in [-0.2, 0) is 0 Å². The maximum absolute atomic E-state index is 8.91. The van der Waals surface area contributed by atoms with E-state index in [2.05, 4.69) is 47.6 Å². The van der Waals surface area contributed by atoms with Gasteiger partial charge in [-0.2, -0.15) is 0 Å². The lowest BCUT2D eigenvalue weighted by Gasteiger charge is -2.15. The van der Waals surface area contributed by atoms with Gasteiger partial charge in [0, 0.05) is 0 Å². The van der Waals surface area contributed by atoms with Gasteiger partial charge in [0.05, 0.1) is 5.71 Å². The summed E-state index contributed by atoms with van der Waals surface area (Å²) in [5.41, 5.74) is 3.31. The van der Waals surface area contributed by atoms with Crippen LogP contribution in [0.1, 0.15) is 24.8 Å². The third kappa shape index (κ3) is 1.90.